The minimum atomic E-state index is -0.938. The van der Waals surface area contributed by atoms with Gasteiger partial charge in [-0.25, -0.2) is 4.79 Å². The molecule has 4 rings (SSSR count). The molecule has 3 aliphatic rings. The van der Waals surface area contributed by atoms with Crippen LogP contribution in [0.4, 0.5) is 10.5 Å². The molecule has 0 radical (unpaired) electrons. The highest BCUT2D eigenvalue weighted by molar-refractivity contribution is 6.30. The quantitative estimate of drug-likeness (QED) is 0.709. The first-order chi connectivity index (χ1) is 13.8. The summed E-state index contributed by atoms with van der Waals surface area (Å²) in [6, 6.07) is 1.54. The van der Waals surface area contributed by atoms with Crippen molar-refractivity contribution < 1.29 is 14.4 Å². The lowest BCUT2D eigenvalue weighted by molar-refractivity contribution is -0.137. The van der Waals surface area contributed by atoms with Crippen LogP contribution < -0.4 is 15.5 Å². The van der Waals surface area contributed by atoms with Gasteiger partial charge in [0, 0.05) is 37.8 Å². The largest absolute Gasteiger partial charge is 0.364 e. The number of piperazine rings is 1. The Bertz CT molecular complexity index is 845. The first-order valence-electron chi connectivity index (χ1n) is 10.1. The number of carbonyl (C=O) groups excluding carboxylic acids is 3. The SMILES string of the molecule is CC(CC1(C2CC2)NC(=O)NC1=O)C(=O)N1CCN(c2cncc(Cl)c2)[C@@H](C)C1. The Labute approximate surface area is 175 Å². The van der Waals surface area contributed by atoms with E-state index in [0.717, 1.165) is 18.5 Å². The van der Waals surface area contributed by atoms with Gasteiger partial charge in [-0.1, -0.05) is 18.5 Å². The fraction of sp³-hybridized carbons (Fsp3) is 0.600. The first kappa shape index (κ1) is 19.9. The molecule has 1 aromatic rings. The first-order valence-corrected chi connectivity index (χ1v) is 10.5. The van der Waals surface area contributed by atoms with Crippen LogP contribution in [0.15, 0.2) is 18.5 Å². The van der Waals surface area contributed by atoms with Crippen molar-refractivity contribution in [2.45, 2.75) is 44.7 Å². The molecule has 9 heteroatoms. The van der Waals surface area contributed by atoms with E-state index in [1.54, 1.807) is 12.4 Å². The van der Waals surface area contributed by atoms with Crippen molar-refractivity contribution in [3.63, 3.8) is 0 Å². The van der Waals surface area contributed by atoms with Crippen LogP contribution in [0.25, 0.3) is 0 Å². The number of nitrogens with one attached hydrogen (secondary N) is 2. The number of imide groups is 1. The van der Waals surface area contributed by atoms with Crippen LogP contribution in [0.5, 0.6) is 0 Å². The average molecular weight is 420 g/mol. The number of carbonyl (C=O) groups is 3. The number of aromatic nitrogens is 1. The molecule has 2 aliphatic heterocycles. The second-order valence-corrected chi connectivity index (χ2v) is 8.88. The molecule has 0 bridgehead atoms. The van der Waals surface area contributed by atoms with Crippen molar-refractivity contribution in [2.75, 3.05) is 24.5 Å². The normalized spacial score (nSPS) is 28.2. The molecule has 156 valence electrons. The zero-order chi connectivity index (χ0) is 20.8. The van der Waals surface area contributed by atoms with E-state index in [4.69, 9.17) is 11.6 Å². The van der Waals surface area contributed by atoms with Crippen molar-refractivity contribution in [1.82, 2.24) is 20.5 Å². The minimum absolute atomic E-state index is 0.0229. The molecule has 1 aliphatic carbocycles. The van der Waals surface area contributed by atoms with E-state index >= 15 is 0 Å². The predicted octanol–water partition coefficient (Wildman–Crippen LogP) is 1.79. The van der Waals surface area contributed by atoms with Crippen molar-refractivity contribution in [2.24, 2.45) is 11.8 Å². The van der Waals surface area contributed by atoms with E-state index in [1.807, 2.05) is 17.9 Å². The summed E-state index contributed by atoms with van der Waals surface area (Å²) in [7, 11) is 0. The van der Waals surface area contributed by atoms with Gasteiger partial charge in [-0.3, -0.25) is 19.9 Å². The van der Waals surface area contributed by atoms with Crippen LogP contribution in [0, 0.1) is 11.8 Å². The molecule has 0 aromatic carbocycles. The molecular weight excluding hydrogens is 394 g/mol. The molecule has 2 unspecified atom stereocenters. The van der Waals surface area contributed by atoms with Gasteiger partial charge in [0.15, 0.2) is 0 Å². The molecule has 29 heavy (non-hydrogen) atoms. The number of anilines is 1. The van der Waals surface area contributed by atoms with E-state index in [9.17, 15) is 14.4 Å². The Morgan fingerprint density at radius 2 is 2.10 bits per heavy atom. The minimum Gasteiger partial charge on any atom is -0.364 e. The summed E-state index contributed by atoms with van der Waals surface area (Å²) >= 11 is 6.06. The maximum atomic E-state index is 13.1. The van der Waals surface area contributed by atoms with Gasteiger partial charge in [-0.2, -0.15) is 0 Å². The fourth-order valence-electron chi connectivity index (χ4n) is 4.66. The van der Waals surface area contributed by atoms with Gasteiger partial charge in [0.1, 0.15) is 5.54 Å². The Hall–Kier alpha value is -2.35. The fourth-order valence-corrected chi connectivity index (χ4v) is 4.83. The lowest BCUT2D eigenvalue weighted by Crippen LogP contribution is -2.56. The monoisotopic (exact) mass is 419 g/mol. The summed E-state index contributed by atoms with van der Waals surface area (Å²) in [5.74, 6) is -0.507. The van der Waals surface area contributed by atoms with Gasteiger partial charge in [0.2, 0.25) is 5.91 Å². The highest BCUT2D eigenvalue weighted by Gasteiger charge is 2.56. The van der Waals surface area contributed by atoms with Crippen LogP contribution >= 0.6 is 11.6 Å². The third-order valence-electron chi connectivity index (χ3n) is 6.25. The van der Waals surface area contributed by atoms with E-state index in [0.29, 0.717) is 31.1 Å². The van der Waals surface area contributed by atoms with Gasteiger partial charge in [-0.05, 0) is 38.2 Å². The molecule has 3 atom stereocenters. The summed E-state index contributed by atoms with van der Waals surface area (Å²) in [6.07, 6.45) is 5.52. The van der Waals surface area contributed by atoms with Crippen LogP contribution in [-0.2, 0) is 9.59 Å². The van der Waals surface area contributed by atoms with Crippen LogP contribution in [0.2, 0.25) is 5.02 Å². The summed E-state index contributed by atoms with van der Waals surface area (Å²) in [5, 5.41) is 5.75. The zero-order valence-electron chi connectivity index (χ0n) is 16.7. The Kier molecular flexibility index (Phi) is 5.14. The molecule has 8 nitrogen and oxygen atoms in total. The Balaban J connectivity index is 1.41. The van der Waals surface area contributed by atoms with Gasteiger partial charge in [0.05, 0.1) is 16.9 Å². The van der Waals surface area contributed by atoms with E-state index < -0.39 is 11.6 Å². The summed E-state index contributed by atoms with van der Waals surface area (Å²) in [6.45, 7) is 5.79. The lowest BCUT2D eigenvalue weighted by Gasteiger charge is -2.42. The van der Waals surface area contributed by atoms with E-state index in [-0.39, 0.29) is 29.7 Å². The van der Waals surface area contributed by atoms with Crippen molar-refractivity contribution >= 4 is 35.1 Å². The molecule has 1 saturated carbocycles. The summed E-state index contributed by atoms with van der Waals surface area (Å²) in [5.41, 5.74) is 0.00895. The van der Waals surface area contributed by atoms with Crippen molar-refractivity contribution in [3.8, 4) is 0 Å². The number of amides is 4. The Morgan fingerprint density at radius 1 is 1.34 bits per heavy atom. The zero-order valence-corrected chi connectivity index (χ0v) is 17.4. The van der Waals surface area contributed by atoms with Gasteiger partial charge in [-0.15, -0.1) is 0 Å². The Morgan fingerprint density at radius 3 is 2.69 bits per heavy atom. The highest BCUT2D eigenvalue weighted by atomic mass is 35.5. The molecule has 0 spiro atoms. The lowest BCUT2D eigenvalue weighted by atomic mass is 9.83. The van der Waals surface area contributed by atoms with E-state index in [1.165, 1.54) is 0 Å². The number of urea groups is 1. The number of rotatable bonds is 5. The molecule has 3 heterocycles. The summed E-state index contributed by atoms with van der Waals surface area (Å²) in [4.78, 5) is 45.5. The highest BCUT2D eigenvalue weighted by Crippen LogP contribution is 2.44. The topological polar surface area (TPSA) is 94.6 Å². The predicted molar refractivity (Wildman–Crippen MR) is 109 cm³/mol. The number of hydrogen-bond acceptors (Lipinski definition) is 5. The number of hydrogen-bond donors (Lipinski definition) is 2. The van der Waals surface area contributed by atoms with Gasteiger partial charge in [0.25, 0.3) is 5.91 Å². The van der Waals surface area contributed by atoms with Crippen LogP contribution in [0.3, 0.4) is 0 Å². The average Bonchev–Trinajstić information content (AvgIpc) is 3.48. The standard InChI is InChI=1S/C20H26ClN5O3/c1-12(8-20(14-3-4-14)18(28)23-19(29)24-20)17(27)25-5-6-26(13(2)11-25)16-7-15(21)9-22-10-16/h7,9-10,12-14H,3-6,8,11H2,1-2H3,(H2,23,24,28,29)/t12?,13-,20?/m0/s1. The number of nitrogens with zero attached hydrogens (tertiary/aromatic N) is 3. The van der Waals surface area contributed by atoms with Crippen molar-refractivity contribution in [1.29, 1.82) is 0 Å². The third-order valence-corrected chi connectivity index (χ3v) is 6.46. The second kappa shape index (κ2) is 7.48. The van der Waals surface area contributed by atoms with Gasteiger partial charge < -0.3 is 15.1 Å². The number of halogens is 1. The van der Waals surface area contributed by atoms with Gasteiger partial charge >= 0.3 is 6.03 Å². The molecule has 2 N–H and O–H groups in total. The summed E-state index contributed by atoms with van der Waals surface area (Å²) < 4.78 is 0. The second-order valence-electron chi connectivity index (χ2n) is 8.45. The third kappa shape index (κ3) is 3.77. The van der Waals surface area contributed by atoms with E-state index in [2.05, 4.69) is 27.4 Å². The molecule has 2 saturated heterocycles. The van der Waals surface area contributed by atoms with Crippen molar-refractivity contribution in [3.05, 3.63) is 23.5 Å². The van der Waals surface area contributed by atoms with Crippen LogP contribution in [-0.4, -0.2) is 58.9 Å². The van der Waals surface area contributed by atoms with Crippen LogP contribution in [0.1, 0.15) is 33.1 Å². The maximum absolute atomic E-state index is 13.1. The molecule has 1 aromatic heterocycles. The number of pyridine rings is 1. The molecule has 3 fully saturated rings. The maximum Gasteiger partial charge on any atom is 0.322 e. The molecular formula is C20H26ClN5O3. The smallest absolute Gasteiger partial charge is 0.322 e. The molecule has 4 amide bonds.